The Morgan fingerprint density at radius 2 is 1.91 bits per heavy atom. The van der Waals surface area contributed by atoms with E-state index >= 15 is 0 Å². The molecule has 7 heteroatoms. The number of anilines is 1. The van der Waals surface area contributed by atoms with Gasteiger partial charge in [-0.05, 0) is 85.1 Å². The molecule has 180 valence electrons. The molecule has 1 heterocycles. The number of ether oxygens (including phenoxy) is 1. The van der Waals surface area contributed by atoms with Crippen molar-refractivity contribution in [2.24, 2.45) is 0 Å². The van der Waals surface area contributed by atoms with Gasteiger partial charge in [-0.2, -0.15) is 0 Å². The first-order valence-electron chi connectivity index (χ1n) is 11.8. The largest absolute Gasteiger partial charge is 0.494 e. The number of amides is 1. The zero-order valence-corrected chi connectivity index (χ0v) is 20.9. The van der Waals surface area contributed by atoms with Crippen LogP contribution in [-0.4, -0.2) is 22.6 Å². The molecule has 4 aromatic rings. The minimum atomic E-state index is -0.309. The van der Waals surface area contributed by atoms with Crippen LogP contribution in [0.4, 0.5) is 5.69 Å². The van der Waals surface area contributed by atoms with Gasteiger partial charge in [-0.1, -0.05) is 39.0 Å². The van der Waals surface area contributed by atoms with Gasteiger partial charge in [0.25, 0.3) is 5.91 Å². The van der Waals surface area contributed by atoms with Gasteiger partial charge in [0, 0.05) is 16.8 Å². The molecule has 0 unspecified atom stereocenters. The van der Waals surface area contributed by atoms with E-state index in [2.05, 4.69) is 41.6 Å². The number of benzene rings is 3. The number of rotatable bonds is 8. The minimum absolute atomic E-state index is 0.197. The number of hydrogen-bond acceptors (Lipinski definition) is 5. The monoisotopic (exact) mass is 487 g/mol. The number of nitrogens with zero attached hydrogens (tertiary/aromatic N) is 1. The van der Waals surface area contributed by atoms with Gasteiger partial charge in [-0.25, -0.2) is 4.98 Å². The van der Waals surface area contributed by atoms with Crippen molar-refractivity contribution in [1.82, 2.24) is 10.3 Å². The molecule has 2 N–H and O–H groups in total. The molecule has 1 aromatic heterocycles. The zero-order valence-electron chi connectivity index (χ0n) is 20.1. The second-order valence-electron chi connectivity index (χ2n) is 8.42. The van der Waals surface area contributed by atoms with Crippen LogP contribution < -0.4 is 15.4 Å². The van der Waals surface area contributed by atoms with Crippen molar-refractivity contribution >= 4 is 40.0 Å². The van der Waals surface area contributed by atoms with Crippen molar-refractivity contribution in [1.29, 1.82) is 0 Å². The van der Waals surface area contributed by atoms with Crippen LogP contribution in [0.3, 0.4) is 0 Å². The van der Waals surface area contributed by atoms with Crippen molar-refractivity contribution < 1.29 is 13.9 Å². The molecule has 1 atom stereocenters. The summed E-state index contributed by atoms with van der Waals surface area (Å²) < 4.78 is 11.6. The molecule has 0 saturated carbocycles. The molecule has 35 heavy (non-hydrogen) atoms. The Balaban J connectivity index is 1.44. The first-order valence-corrected chi connectivity index (χ1v) is 12.2. The van der Waals surface area contributed by atoms with Crippen LogP contribution in [0, 0.1) is 0 Å². The highest BCUT2D eigenvalue weighted by molar-refractivity contribution is 7.80. The van der Waals surface area contributed by atoms with Crippen molar-refractivity contribution in [3.63, 3.8) is 0 Å². The second-order valence-corrected chi connectivity index (χ2v) is 8.83. The maximum Gasteiger partial charge on any atom is 0.257 e. The summed E-state index contributed by atoms with van der Waals surface area (Å²) in [6.07, 6.45) is 1.96. The Kier molecular flexibility index (Phi) is 7.77. The molecule has 0 aliphatic rings. The number of fused-ring (bicyclic) bond motifs is 1. The third-order valence-electron chi connectivity index (χ3n) is 5.76. The third kappa shape index (κ3) is 6.05. The topological polar surface area (TPSA) is 76.4 Å². The van der Waals surface area contributed by atoms with Crippen LogP contribution in [0.2, 0.25) is 0 Å². The molecule has 0 radical (unpaired) electrons. The molecule has 3 aromatic carbocycles. The normalized spacial score (nSPS) is 11.7. The van der Waals surface area contributed by atoms with Gasteiger partial charge in [-0.15, -0.1) is 0 Å². The van der Waals surface area contributed by atoms with E-state index in [1.54, 1.807) is 18.2 Å². The molecular weight excluding hydrogens is 458 g/mol. The highest BCUT2D eigenvalue weighted by Gasteiger charge is 2.13. The summed E-state index contributed by atoms with van der Waals surface area (Å²) in [4.78, 5) is 17.3. The van der Waals surface area contributed by atoms with Crippen LogP contribution in [0.1, 0.15) is 55.5 Å². The molecular formula is C28H29N3O3S. The lowest BCUT2D eigenvalue weighted by molar-refractivity contribution is 0.0977. The highest BCUT2D eigenvalue weighted by Crippen LogP contribution is 2.29. The summed E-state index contributed by atoms with van der Waals surface area (Å²) >= 11 is 5.36. The van der Waals surface area contributed by atoms with Gasteiger partial charge in [0.2, 0.25) is 5.89 Å². The van der Waals surface area contributed by atoms with Gasteiger partial charge in [-0.3, -0.25) is 10.1 Å². The van der Waals surface area contributed by atoms with Crippen LogP contribution in [0.15, 0.2) is 71.1 Å². The Hall–Kier alpha value is -3.71. The van der Waals surface area contributed by atoms with E-state index in [9.17, 15) is 4.79 Å². The summed E-state index contributed by atoms with van der Waals surface area (Å²) in [5, 5.41) is 5.98. The van der Waals surface area contributed by atoms with Gasteiger partial charge < -0.3 is 14.5 Å². The van der Waals surface area contributed by atoms with Crippen LogP contribution >= 0.6 is 12.2 Å². The van der Waals surface area contributed by atoms with E-state index in [-0.39, 0.29) is 11.0 Å². The van der Waals surface area contributed by atoms with E-state index < -0.39 is 0 Å². The lowest BCUT2D eigenvalue weighted by Gasteiger charge is -2.11. The molecule has 0 aliphatic heterocycles. The Morgan fingerprint density at radius 3 is 2.71 bits per heavy atom. The average Bonchev–Trinajstić information content (AvgIpc) is 3.31. The average molecular weight is 488 g/mol. The van der Waals surface area contributed by atoms with Gasteiger partial charge in [0.1, 0.15) is 11.3 Å². The number of oxazole rings is 1. The summed E-state index contributed by atoms with van der Waals surface area (Å²) in [6.45, 7) is 7.01. The SMILES string of the molecule is CCCOc1cccc(C(=O)NC(=S)Nc2cccc(-c3nc4cc([C@H](C)CC)ccc4o3)c2)c1. The smallest absolute Gasteiger partial charge is 0.257 e. The number of carbonyl (C=O) groups is 1. The predicted molar refractivity (Wildman–Crippen MR) is 144 cm³/mol. The number of nitrogens with one attached hydrogen (secondary N) is 2. The van der Waals surface area contributed by atoms with Crippen LogP contribution in [0.5, 0.6) is 5.75 Å². The zero-order chi connectivity index (χ0) is 24.8. The highest BCUT2D eigenvalue weighted by atomic mass is 32.1. The number of thiocarbonyl (C=S) groups is 1. The Labute approximate surface area is 210 Å². The molecule has 1 amide bonds. The number of aromatic nitrogens is 1. The van der Waals surface area contributed by atoms with E-state index in [1.165, 1.54) is 5.56 Å². The van der Waals surface area contributed by atoms with Crippen LogP contribution in [-0.2, 0) is 0 Å². The Bertz CT molecular complexity index is 1350. The van der Waals surface area contributed by atoms with Crippen molar-refractivity contribution in [2.45, 2.75) is 39.5 Å². The molecule has 0 fully saturated rings. The van der Waals surface area contributed by atoms with E-state index in [1.807, 2.05) is 43.3 Å². The fourth-order valence-corrected chi connectivity index (χ4v) is 3.84. The maximum absolute atomic E-state index is 12.6. The lowest BCUT2D eigenvalue weighted by Crippen LogP contribution is -2.34. The molecule has 6 nitrogen and oxygen atoms in total. The van der Waals surface area contributed by atoms with Crippen molar-refractivity contribution in [3.05, 3.63) is 77.9 Å². The van der Waals surface area contributed by atoms with Gasteiger partial charge >= 0.3 is 0 Å². The minimum Gasteiger partial charge on any atom is -0.494 e. The fourth-order valence-electron chi connectivity index (χ4n) is 3.62. The van der Waals surface area contributed by atoms with E-state index in [0.29, 0.717) is 29.7 Å². The molecule has 0 bridgehead atoms. The van der Waals surface area contributed by atoms with Crippen molar-refractivity contribution in [2.75, 3.05) is 11.9 Å². The maximum atomic E-state index is 12.6. The first-order chi connectivity index (χ1) is 17.0. The number of carbonyl (C=O) groups excluding carboxylic acids is 1. The standard InChI is InChI=1S/C28H29N3O3S/c1-4-14-33-23-11-7-8-20(16-23)26(32)31-28(35)29-22-10-6-9-21(15-22)27-30-24-17-19(18(3)5-2)12-13-25(24)34-27/h6-13,15-18H,4-5,14H2,1-3H3,(H2,29,31,32,35)/t18-/m1/s1. The summed E-state index contributed by atoms with van der Waals surface area (Å²) in [5.41, 5.74) is 4.84. The van der Waals surface area contributed by atoms with Crippen LogP contribution in [0.25, 0.3) is 22.6 Å². The summed E-state index contributed by atoms with van der Waals surface area (Å²) in [5.74, 6) is 1.34. The third-order valence-corrected chi connectivity index (χ3v) is 5.96. The molecule has 0 spiro atoms. The fraction of sp³-hybridized carbons (Fsp3) is 0.250. The van der Waals surface area contributed by atoms with Gasteiger partial charge in [0.15, 0.2) is 10.7 Å². The van der Waals surface area contributed by atoms with Crippen molar-refractivity contribution in [3.8, 4) is 17.2 Å². The summed E-state index contributed by atoms with van der Waals surface area (Å²) in [6, 6.07) is 20.8. The van der Waals surface area contributed by atoms with E-state index in [4.69, 9.17) is 21.4 Å². The molecule has 4 rings (SSSR count). The second kappa shape index (κ2) is 11.1. The predicted octanol–water partition coefficient (Wildman–Crippen LogP) is 6.92. The van der Waals surface area contributed by atoms with E-state index in [0.717, 1.165) is 35.2 Å². The summed E-state index contributed by atoms with van der Waals surface area (Å²) in [7, 11) is 0. The quantitative estimate of drug-likeness (QED) is 0.263. The number of hydrogen-bond donors (Lipinski definition) is 2. The first kappa shape index (κ1) is 24.4. The Morgan fingerprint density at radius 1 is 1.09 bits per heavy atom. The molecule has 0 saturated heterocycles. The van der Waals surface area contributed by atoms with Gasteiger partial charge in [0.05, 0.1) is 6.61 Å². The lowest BCUT2D eigenvalue weighted by atomic mass is 9.98. The molecule has 0 aliphatic carbocycles.